The normalized spacial score (nSPS) is 11.5. The first-order valence-electron chi connectivity index (χ1n) is 6.01. The van der Waals surface area contributed by atoms with E-state index in [1.165, 1.54) is 9.40 Å². The fraction of sp³-hybridized carbons (Fsp3) is 0. The third-order valence-corrected chi connectivity index (χ3v) is 5.70. The molecule has 0 aliphatic heterocycles. The highest BCUT2D eigenvalue weighted by molar-refractivity contribution is 7.28. The summed E-state index contributed by atoms with van der Waals surface area (Å²) in [5.74, 6) is 0.980. The summed E-state index contributed by atoms with van der Waals surface area (Å²) in [5.41, 5.74) is 6.67. The van der Waals surface area contributed by atoms with Crippen molar-refractivity contribution in [2.45, 2.75) is 0 Å². The third-order valence-electron chi connectivity index (χ3n) is 3.11. The van der Waals surface area contributed by atoms with Gasteiger partial charge in [0.1, 0.15) is 5.82 Å². The molecular formula is C14H7Cl2N3S2. The number of anilines is 1. The molecule has 0 spiro atoms. The van der Waals surface area contributed by atoms with Crippen LogP contribution < -0.4 is 5.73 Å². The minimum atomic E-state index is 0.385. The van der Waals surface area contributed by atoms with Crippen LogP contribution in [0.4, 0.5) is 5.82 Å². The maximum atomic E-state index is 6.23. The van der Waals surface area contributed by atoms with Crippen molar-refractivity contribution >= 4 is 72.0 Å². The van der Waals surface area contributed by atoms with Crippen LogP contribution in [-0.2, 0) is 0 Å². The summed E-state index contributed by atoms with van der Waals surface area (Å²) in [5, 5.41) is 3.74. The zero-order chi connectivity index (χ0) is 14.6. The van der Waals surface area contributed by atoms with Crippen molar-refractivity contribution in [1.29, 1.82) is 0 Å². The minimum Gasteiger partial charge on any atom is -0.383 e. The van der Waals surface area contributed by atoms with Gasteiger partial charge < -0.3 is 5.73 Å². The van der Waals surface area contributed by atoms with Crippen LogP contribution in [0.25, 0.3) is 31.0 Å². The van der Waals surface area contributed by atoms with Gasteiger partial charge in [0.05, 0.1) is 15.4 Å². The van der Waals surface area contributed by atoms with Crippen molar-refractivity contribution in [1.82, 2.24) is 9.97 Å². The number of nitrogens with two attached hydrogens (primary N) is 1. The lowest BCUT2D eigenvalue weighted by atomic mass is 10.2. The van der Waals surface area contributed by atoms with E-state index in [4.69, 9.17) is 28.9 Å². The van der Waals surface area contributed by atoms with E-state index >= 15 is 0 Å². The van der Waals surface area contributed by atoms with E-state index in [1.54, 1.807) is 34.8 Å². The van der Waals surface area contributed by atoms with Crippen molar-refractivity contribution in [2.75, 3.05) is 5.73 Å². The molecule has 0 saturated heterocycles. The van der Waals surface area contributed by atoms with Crippen LogP contribution in [-0.4, -0.2) is 9.97 Å². The monoisotopic (exact) mass is 351 g/mol. The predicted octanol–water partition coefficient (Wildman–Crippen LogP) is 5.46. The SMILES string of the molecule is Nc1nc(-c2cc3sccc3s2)nc2c(Cl)cc(Cl)cc12. The minimum absolute atomic E-state index is 0.385. The second kappa shape index (κ2) is 4.81. The Labute approximate surface area is 138 Å². The number of hydrogen-bond donors (Lipinski definition) is 1. The highest BCUT2D eigenvalue weighted by Gasteiger charge is 2.13. The molecule has 0 aliphatic carbocycles. The molecule has 1 aromatic carbocycles. The molecule has 0 fully saturated rings. The van der Waals surface area contributed by atoms with E-state index < -0.39 is 0 Å². The fourth-order valence-electron chi connectivity index (χ4n) is 2.17. The molecular weight excluding hydrogens is 345 g/mol. The lowest BCUT2D eigenvalue weighted by molar-refractivity contribution is 1.25. The molecule has 3 nitrogen and oxygen atoms in total. The zero-order valence-corrected chi connectivity index (χ0v) is 13.6. The number of nitrogens with zero attached hydrogens (tertiary/aromatic N) is 2. The van der Waals surface area contributed by atoms with Gasteiger partial charge in [0.15, 0.2) is 5.82 Å². The Kier molecular flexibility index (Phi) is 3.04. The van der Waals surface area contributed by atoms with Gasteiger partial charge in [-0.25, -0.2) is 9.97 Å². The summed E-state index contributed by atoms with van der Waals surface area (Å²) < 4.78 is 2.44. The Bertz CT molecular complexity index is 962. The van der Waals surface area contributed by atoms with Crippen LogP contribution >= 0.6 is 45.9 Å². The molecule has 3 aromatic heterocycles. The summed E-state index contributed by atoms with van der Waals surface area (Å²) in [4.78, 5) is 9.93. The Balaban J connectivity index is 1.99. The first-order valence-corrected chi connectivity index (χ1v) is 8.47. The highest BCUT2D eigenvalue weighted by atomic mass is 35.5. The molecule has 2 N–H and O–H groups in total. The molecule has 4 aromatic rings. The van der Waals surface area contributed by atoms with E-state index in [1.807, 2.05) is 0 Å². The quantitative estimate of drug-likeness (QED) is 0.495. The van der Waals surface area contributed by atoms with Crippen molar-refractivity contribution in [3.05, 3.63) is 39.7 Å². The summed E-state index contributed by atoms with van der Waals surface area (Å²) >= 11 is 15.6. The molecule has 21 heavy (non-hydrogen) atoms. The summed E-state index contributed by atoms with van der Waals surface area (Å²) in [6.45, 7) is 0. The first kappa shape index (κ1) is 13.3. The van der Waals surface area contributed by atoms with Crippen molar-refractivity contribution < 1.29 is 0 Å². The lowest BCUT2D eigenvalue weighted by Gasteiger charge is -2.06. The number of aromatic nitrogens is 2. The third kappa shape index (κ3) is 2.17. The van der Waals surface area contributed by atoms with Crippen LogP contribution in [0.3, 0.4) is 0 Å². The van der Waals surface area contributed by atoms with Gasteiger partial charge in [-0.3, -0.25) is 0 Å². The first-order chi connectivity index (χ1) is 10.1. The summed E-state index contributed by atoms with van der Waals surface area (Å²) in [7, 11) is 0. The molecule has 0 unspecified atom stereocenters. The maximum Gasteiger partial charge on any atom is 0.172 e. The largest absolute Gasteiger partial charge is 0.383 e. The number of thiophene rings is 2. The number of hydrogen-bond acceptors (Lipinski definition) is 5. The molecule has 7 heteroatoms. The molecule has 4 rings (SSSR count). The number of benzene rings is 1. The lowest BCUT2D eigenvalue weighted by Crippen LogP contribution is -1.97. The molecule has 104 valence electrons. The van der Waals surface area contributed by atoms with Crippen LogP contribution in [0.15, 0.2) is 29.6 Å². The van der Waals surface area contributed by atoms with E-state index in [0.717, 1.165) is 4.88 Å². The molecule has 0 radical (unpaired) electrons. The Hall–Kier alpha value is -1.40. The van der Waals surface area contributed by atoms with Gasteiger partial charge >= 0.3 is 0 Å². The Morgan fingerprint density at radius 3 is 2.71 bits per heavy atom. The topological polar surface area (TPSA) is 51.8 Å². The smallest absolute Gasteiger partial charge is 0.172 e. The van der Waals surface area contributed by atoms with Gasteiger partial charge in [0.25, 0.3) is 0 Å². The standard InChI is InChI=1S/C14H7Cl2N3S2/c15-6-3-7-12(8(16)4-6)18-14(19-13(7)17)11-5-10-9(21-11)1-2-20-10/h1-5H,(H2,17,18,19). The maximum absolute atomic E-state index is 6.23. The zero-order valence-electron chi connectivity index (χ0n) is 10.4. The van der Waals surface area contributed by atoms with Crippen molar-refractivity contribution in [3.8, 4) is 10.7 Å². The number of halogens is 2. The van der Waals surface area contributed by atoms with Crippen molar-refractivity contribution in [3.63, 3.8) is 0 Å². The average Bonchev–Trinajstić information content (AvgIpc) is 3.00. The van der Waals surface area contributed by atoms with Crippen LogP contribution in [0.1, 0.15) is 0 Å². The Morgan fingerprint density at radius 1 is 1.05 bits per heavy atom. The van der Waals surface area contributed by atoms with Gasteiger partial charge in [-0.1, -0.05) is 23.2 Å². The highest BCUT2D eigenvalue weighted by Crippen LogP contribution is 2.37. The summed E-state index contributed by atoms with van der Waals surface area (Å²) in [6, 6.07) is 7.56. The summed E-state index contributed by atoms with van der Waals surface area (Å²) in [6.07, 6.45) is 0. The van der Waals surface area contributed by atoms with Gasteiger partial charge in [-0.05, 0) is 29.6 Å². The van der Waals surface area contributed by atoms with Crippen LogP contribution in [0.2, 0.25) is 10.0 Å². The van der Waals surface area contributed by atoms with Gasteiger partial charge in [-0.15, -0.1) is 22.7 Å². The van der Waals surface area contributed by atoms with E-state index in [9.17, 15) is 0 Å². The molecule has 0 amide bonds. The number of fused-ring (bicyclic) bond motifs is 2. The van der Waals surface area contributed by atoms with E-state index in [-0.39, 0.29) is 0 Å². The molecule has 0 atom stereocenters. The Morgan fingerprint density at radius 2 is 1.90 bits per heavy atom. The molecule has 0 saturated carbocycles. The van der Waals surface area contributed by atoms with E-state index in [0.29, 0.717) is 32.6 Å². The number of rotatable bonds is 1. The van der Waals surface area contributed by atoms with Crippen LogP contribution in [0, 0.1) is 0 Å². The van der Waals surface area contributed by atoms with Gasteiger partial charge in [-0.2, -0.15) is 0 Å². The second-order valence-electron chi connectivity index (χ2n) is 4.48. The molecule has 0 aliphatic rings. The predicted molar refractivity (Wildman–Crippen MR) is 92.7 cm³/mol. The van der Waals surface area contributed by atoms with E-state index in [2.05, 4.69) is 27.5 Å². The average molecular weight is 352 g/mol. The second-order valence-corrected chi connectivity index (χ2v) is 7.35. The van der Waals surface area contributed by atoms with Gasteiger partial charge in [0, 0.05) is 19.8 Å². The number of nitrogen functional groups attached to an aromatic ring is 1. The molecule has 0 bridgehead atoms. The van der Waals surface area contributed by atoms with Gasteiger partial charge in [0.2, 0.25) is 0 Å². The van der Waals surface area contributed by atoms with Crippen molar-refractivity contribution in [2.24, 2.45) is 0 Å². The fourth-order valence-corrected chi connectivity index (χ4v) is 4.74. The van der Waals surface area contributed by atoms with Crippen LogP contribution in [0.5, 0.6) is 0 Å². The molecule has 3 heterocycles.